The third-order valence-corrected chi connectivity index (χ3v) is 7.09. The van der Waals surface area contributed by atoms with Crippen molar-refractivity contribution >= 4 is 28.5 Å². The molecule has 1 saturated carbocycles. The second-order valence-electron chi connectivity index (χ2n) is 9.53. The number of aromatic nitrogens is 1. The van der Waals surface area contributed by atoms with Crippen LogP contribution in [0, 0.1) is 17.7 Å². The molecule has 2 N–H and O–H groups in total. The maximum atomic E-state index is 15.2. The van der Waals surface area contributed by atoms with Gasteiger partial charge in [-0.1, -0.05) is 18.2 Å². The average Bonchev–Trinajstić information content (AvgIpc) is 2.88. The van der Waals surface area contributed by atoms with Crippen molar-refractivity contribution < 1.29 is 28.6 Å². The molecule has 2 aromatic carbocycles. The van der Waals surface area contributed by atoms with Crippen LogP contribution in [0.15, 0.2) is 47.4 Å². The number of nitrogens with one attached hydrogen (secondary N) is 1. The van der Waals surface area contributed by atoms with E-state index in [1.165, 1.54) is 6.20 Å². The molecule has 1 aliphatic carbocycles. The minimum atomic E-state index is -1.38. The van der Waals surface area contributed by atoms with E-state index >= 15 is 4.39 Å². The lowest BCUT2D eigenvalue weighted by Gasteiger charge is -2.30. The van der Waals surface area contributed by atoms with Crippen LogP contribution in [0.1, 0.15) is 49.0 Å². The van der Waals surface area contributed by atoms with E-state index in [1.54, 1.807) is 11.5 Å². The van der Waals surface area contributed by atoms with Gasteiger partial charge in [0.1, 0.15) is 23.6 Å². The highest BCUT2D eigenvalue weighted by Gasteiger charge is 2.31. The molecule has 1 atom stereocenters. The van der Waals surface area contributed by atoms with Crippen molar-refractivity contribution in [2.75, 3.05) is 18.5 Å². The summed E-state index contributed by atoms with van der Waals surface area (Å²) in [6, 6.07) is 10.3. The Bertz CT molecular complexity index is 1380. The van der Waals surface area contributed by atoms with Gasteiger partial charge < -0.3 is 24.5 Å². The van der Waals surface area contributed by atoms with Gasteiger partial charge in [-0.2, -0.15) is 0 Å². The normalized spacial score (nSPS) is 21.0. The topological polar surface area (TPSA) is 107 Å². The van der Waals surface area contributed by atoms with Crippen LogP contribution in [0.5, 0.6) is 11.5 Å². The highest BCUT2D eigenvalue weighted by Crippen LogP contribution is 2.40. The number of para-hydroxylation sites is 1. The van der Waals surface area contributed by atoms with Crippen molar-refractivity contribution in [1.29, 1.82) is 0 Å². The van der Waals surface area contributed by atoms with Crippen LogP contribution < -0.4 is 20.2 Å². The Morgan fingerprint density at radius 3 is 2.61 bits per heavy atom. The summed E-state index contributed by atoms with van der Waals surface area (Å²) >= 11 is 0. The van der Waals surface area contributed by atoms with Gasteiger partial charge in [-0.25, -0.2) is 9.18 Å². The number of rotatable bonds is 6. The molecule has 1 aliphatic heterocycles. The maximum absolute atomic E-state index is 15.2. The highest BCUT2D eigenvalue weighted by molar-refractivity contribution is 6.01. The van der Waals surface area contributed by atoms with Gasteiger partial charge in [0.2, 0.25) is 11.3 Å². The van der Waals surface area contributed by atoms with E-state index in [0.717, 1.165) is 24.7 Å². The number of nitrogens with zero attached hydrogens (tertiary/aromatic N) is 1. The molecule has 5 rings (SSSR count). The molecule has 1 aromatic heterocycles. The van der Waals surface area contributed by atoms with Crippen LogP contribution in [0.2, 0.25) is 0 Å². The first kappa shape index (κ1) is 23.8. The number of halogens is 1. The molecule has 1 amide bonds. The number of benzene rings is 2. The van der Waals surface area contributed by atoms with Gasteiger partial charge in [-0.15, -0.1) is 0 Å². The van der Waals surface area contributed by atoms with E-state index in [1.807, 2.05) is 30.3 Å². The summed E-state index contributed by atoms with van der Waals surface area (Å²) in [4.78, 5) is 37.3. The third-order valence-electron chi connectivity index (χ3n) is 7.09. The third kappa shape index (κ3) is 4.41. The molecule has 2 aliphatic rings. The molecule has 0 spiro atoms. The van der Waals surface area contributed by atoms with E-state index in [2.05, 4.69) is 5.32 Å². The molecule has 1 fully saturated rings. The molecule has 8 nitrogen and oxygen atoms in total. The number of carboxylic acids is 1. The smallest absolute Gasteiger partial charge is 0.341 e. The van der Waals surface area contributed by atoms with Crippen LogP contribution in [0.4, 0.5) is 10.1 Å². The van der Waals surface area contributed by atoms with Crippen molar-refractivity contribution in [3.63, 3.8) is 0 Å². The molecule has 0 unspecified atom stereocenters. The molecule has 0 saturated heterocycles. The maximum Gasteiger partial charge on any atom is 0.341 e. The number of aromatic carboxylic acids is 1. The largest absolute Gasteiger partial charge is 0.493 e. The lowest BCUT2D eigenvalue weighted by atomic mass is 9.82. The summed E-state index contributed by atoms with van der Waals surface area (Å²) in [7, 11) is 0. The highest BCUT2D eigenvalue weighted by atomic mass is 19.1. The van der Waals surface area contributed by atoms with Crippen LogP contribution in [0.25, 0.3) is 10.9 Å². The Morgan fingerprint density at radius 2 is 1.92 bits per heavy atom. The first-order valence-electron chi connectivity index (χ1n) is 12.1. The second kappa shape index (κ2) is 9.64. The number of hydrogen-bond donors (Lipinski definition) is 2. The zero-order valence-electron chi connectivity index (χ0n) is 19.8. The number of carbonyl (C=O) groups is 2. The van der Waals surface area contributed by atoms with Crippen molar-refractivity contribution in [2.45, 2.75) is 38.6 Å². The predicted molar refractivity (Wildman–Crippen MR) is 131 cm³/mol. The van der Waals surface area contributed by atoms with Crippen LogP contribution in [0.3, 0.4) is 0 Å². The molecule has 36 heavy (non-hydrogen) atoms. The van der Waals surface area contributed by atoms with E-state index < -0.39 is 22.8 Å². The summed E-state index contributed by atoms with van der Waals surface area (Å²) in [5.74, 6) is -1.58. The molecule has 0 bridgehead atoms. The molecule has 188 valence electrons. The summed E-state index contributed by atoms with van der Waals surface area (Å²) in [5.41, 5.74) is -1.07. The lowest BCUT2D eigenvalue weighted by Crippen LogP contribution is -2.30. The van der Waals surface area contributed by atoms with Gasteiger partial charge in [0.25, 0.3) is 0 Å². The minimum Gasteiger partial charge on any atom is -0.493 e. The Labute approximate surface area is 206 Å². The molecular formula is C27H27FN2O6. The summed E-state index contributed by atoms with van der Waals surface area (Å²) < 4.78 is 28.4. The fourth-order valence-corrected chi connectivity index (χ4v) is 5.04. The van der Waals surface area contributed by atoms with Crippen molar-refractivity contribution in [2.24, 2.45) is 11.8 Å². The number of carboxylic acid groups (broad SMARTS) is 1. The number of ether oxygens (including phenoxy) is 2. The van der Waals surface area contributed by atoms with Crippen molar-refractivity contribution in [1.82, 2.24) is 4.57 Å². The SMILES string of the molecule is C[C@H]1COc2c(NC(=O)C3CCC(COc4ccccc4)CC3)c(F)cc3c(=O)c(C(=O)O)cn1c23. The molecule has 2 heterocycles. The minimum absolute atomic E-state index is 0.0513. The number of hydrogen-bond acceptors (Lipinski definition) is 5. The van der Waals surface area contributed by atoms with Gasteiger partial charge >= 0.3 is 5.97 Å². The number of carbonyl (C=O) groups excluding carboxylic acids is 1. The van der Waals surface area contributed by atoms with E-state index in [9.17, 15) is 19.5 Å². The van der Waals surface area contributed by atoms with Gasteiger partial charge in [0.15, 0.2) is 11.6 Å². The first-order valence-corrected chi connectivity index (χ1v) is 12.1. The fourth-order valence-electron chi connectivity index (χ4n) is 5.04. The molecule has 3 aromatic rings. The van der Waals surface area contributed by atoms with Crippen LogP contribution in [-0.4, -0.2) is 34.8 Å². The second-order valence-corrected chi connectivity index (χ2v) is 9.53. The zero-order chi connectivity index (χ0) is 25.4. The standard InChI is InChI=1S/C27H27FN2O6/c1-15-13-36-25-22(21(28)11-19-23(25)30(15)12-20(24(19)31)27(33)34)29-26(32)17-9-7-16(8-10-17)14-35-18-5-3-2-4-6-18/h2-6,11-12,15-17H,7-10,13-14H2,1H3,(H,29,32)(H,33,34)/t15-,16?,17?/m0/s1. The van der Waals surface area contributed by atoms with Gasteiger partial charge in [-0.3, -0.25) is 9.59 Å². The molecular weight excluding hydrogens is 467 g/mol. The first-order chi connectivity index (χ1) is 17.3. The van der Waals surface area contributed by atoms with Gasteiger partial charge in [0, 0.05) is 12.1 Å². The van der Waals surface area contributed by atoms with Crippen molar-refractivity contribution in [3.8, 4) is 11.5 Å². The van der Waals surface area contributed by atoms with Crippen molar-refractivity contribution in [3.05, 3.63) is 64.2 Å². The summed E-state index contributed by atoms with van der Waals surface area (Å²) in [5, 5.41) is 12.0. The predicted octanol–water partition coefficient (Wildman–Crippen LogP) is 4.62. The zero-order valence-corrected chi connectivity index (χ0v) is 19.8. The van der Waals surface area contributed by atoms with Gasteiger partial charge in [0.05, 0.1) is 23.6 Å². The summed E-state index contributed by atoms with van der Waals surface area (Å²) in [6.45, 7) is 2.53. The quantitative estimate of drug-likeness (QED) is 0.518. The fraction of sp³-hybridized carbons (Fsp3) is 0.370. The Kier molecular flexibility index (Phi) is 6.38. The van der Waals surface area contributed by atoms with E-state index in [0.29, 0.717) is 25.4 Å². The van der Waals surface area contributed by atoms with E-state index in [-0.39, 0.29) is 46.8 Å². The molecule has 9 heteroatoms. The average molecular weight is 495 g/mol. The van der Waals surface area contributed by atoms with Crippen LogP contribution in [-0.2, 0) is 4.79 Å². The molecule has 0 radical (unpaired) electrons. The summed E-state index contributed by atoms with van der Waals surface area (Å²) in [6.07, 6.45) is 4.21. The Morgan fingerprint density at radius 1 is 1.19 bits per heavy atom. The van der Waals surface area contributed by atoms with Crippen LogP contribution >= 0.6 is 0 Å². The number of anilines is 1. The number of amides is 1. The Balaban J connectivity index is 1.34. The number of pyridine rings is 1. The lowest BCUT2D eigenvalue weighted by molar-refractivity contribution is -0.121. The monoisotopic (exact) mass is 494 g/mol. The van der Waals surface area contributed by atoms with Gasteiger partial charge in [-0.05, 0) is 56.7 Å². The van der Waals surface area contributed by atoms with E-state index in [4.69, 9.17) is 9.47 Å². The Hall–Kier alpha value is -3.88.